The lowest BCUT2D eigenvalue weighted by Gasteiger charge is -2.17. The van der Waals surface area contributed by atoms with Crippen molar-refractivity contribution in [3.05, 3.63) is 70.8 Å². The number of nitrogens with two attached hydrogens (primary N) is 1. The predicted octanol–water partition coefficient (Wildman–Crippen LogP) is 4.59. The molecule has 37 heavy (non-hydrogen) atoms. The number of nitrogens with zero attached hydrogens (tertiary/aromatic N) is 3. The van der Waals surface area contributed by atoms with Gasteiger partial charge >= 0.3 is 5.97 Å². The predicted molar refractivity (Wildman–Crippen MR) is 137 cm³/mol. The van der Waals surface area contributed by atoms with Crippen LogP contribution < -0.4 is 10.5 Å². The fourth-order valence-electron chi connectivity index (χ4n) is 3.89. The van der Waals surface area contributed by atoms with Crippen molar-refractivity contribution in [2.45, 2.75) is 36.5 Å². The van der Waals surface area contributed by atoms with Gasteiger partial charge in [-0.1, -0.05) is 24.3 Å². The number of hydrogen-bond acceptors (Lipinski definition) is 9. The van der Waals surface area contributed by atoms with Crippen molar-refractivity contribution >= 4 is 23.5 Å². The standard InChI is InChI=1S/C27H24N4O5S/c1-27(2)35-14-20(36-27)13-34-19-8-6-17(7-9-19)23-21(11-28)24(30)31-25(22(23)12-29)37-15-16-4-3-5-18(10-16)26(32)33/h3-10,20H,13-15H2,1-2H3,(H2,30,31)(H,32,33)/t20-/m0/s1. The minimum Gasteiger partial charge on any atom is -0.491 e. The Bertz CT molecular complexity index is 1410. The summed E-state index contributed by atoms with van der Waals surface area (Å²) in [7, 11) is 0. The number of carboxylic acids is 1. The maximum absolute atomic E-state index is 11.3. The van der Waals surface area contributed by atoms with Crippen LogP contribution in [0.5, 0.6) is 5.75 Å². The third-order valence-corrected chi connectivity index (χ3v) is 6.66. The van der Waals surface area contributed by atoms with E-state index >= 15 is 0 Å². The van der Waals surface area contributed by atoms with Gasteiger partial charge in [0.15, 0.2) is 5.79 Å². The van der Waals surface area contributed by atoms with Crippen LogP contribution in [0.3, 0.4) is 0 Å². The number of hydrogen-bond donors (Lipinski definition) is 2. The van der Waals surface area contributed by atoms with Gasteiger partial charge in [0.1, 0.15) is 47.0 Å². The van der Waals surface area contributed by atoms with Crippen LogP contribution in [-0.2, 0) is 15.2 Å². The van der Waals surface area contributed by atoms with Gasteiger partial charge in [-0.05, 0) is 49.2 Å². The molecule has 1 atom stereocenters. The number of benzene rings is 2. The highest BCUT2D eigenvalue weighted by molar-refractivity contribution is 7.98. The van der Waals surface area contributed by atoms with E-state index in [0.29, 0.717) is 40.9 Å². The van der Waals surface area contributed by atoms with Crippen LogP contribution in [0.15, 0.2) is 53.6 Å². The molecule has 0 aliphatic carbocycles. The monoisotopic (exact) mass is 516 g/mol. The number of ether oxygens (including phenoxy) is 3. The van der Waals surface area contributed by atoms with Crippen molar-refractivity contribution in [3.63, 3.8) is 0 Å². The van der Waals surface area contributed by atoms with Crippen molar-refractivity contribution < 1.29 is 24.1 Å². The number of nitrogen functional groups attached to an aromatic ring is 1. The number of nitriles is 2. The van der Waals surface area contributed by atoms with E-state index in [2.05, 4.69) is 17.1 Å². The van der Waals surface area contributed by atoms with Gasteiger partial charge in [-0.3, -0.25) is 0 Å². The van der Waals surface area contributed by atoms with Gasteiger partial charge in [0.05, 0.1) is 17.7 Å². The molecular weight excluding hydrogens is 492 g/mol. The molecule has 1 aliphatic rings. The Morgan fingerprint density at radius 3 is 2.57 bits per heavy atom. The van der Waals surface area contributed by atoms with Gasteiger partial charge in [0.2, 0.25) is 0 Å². The lowest BCUT2D eigenvalue weighted by molar-refractivity contribution is -0.141. The van der Waals surface area contributed by atoms with Crippen LogP contribution in [0.4, 0.5) is 5.82 Å². The second kappa shape index (κ2) is 10.9. The molecule has 4 rings (SSSR count). The summed E-state index contributed by atoms with van der Waals surface area (Å²) in [6.07, 6.45) is -0.180. The number of aromatic nitrogens is 1. The molecule has 1 aromatic heterocycles. The first-order chi connectivity index (χ1) is 17.7. The number of carboxylic acid groups (broad SMARTS) is 1. The zero-order valence-corrected chi connectivity index (χ0v) is 21.0. The third-order valence-electron chi connectivity index (χ3n) is 5.61. The number of rotatable bonds is 8. The Hall–Kier alpha value is -4.09. The van der Waals surface area contributed by atoms with E-state index in [4.69, 9.17) is 19.9 Å². The van der Waals surface area contributed by atoms with Crippen LogP contribution in [0.1, 0.15) is 40.9 Å². The number of thioether (sulfide) groups is 1. The van der Waals surface area contributed by atoms with Crippen LogP contribution >= 0.6 is 11.8 Å². The lowest BCUT2D eigenvalue weighted by atomic mass is 9.97. The molecule has 1 saturated heterocycles. The summed E-state index contributed by atoms with van der Waals surface area (Å²) in [5.41, 5.74) is 8.37. The van der Waals surface area contributed by atoms with Gasteiger partial charge in [0.25, 0.3) is 0 Å². The normalized spacial score (nSPS) is 16.1. The van der Waals surface area contributed by atoms with Gasteiger partial charge < -0.3 is 25.1 Å². The first-order valence-electron chi connectivity index (χ1n) is 11.3. The molecule has 3 aromatic rings. The Kier molecular flexibility index (Phi) is 7.65. The Morgan fingerprint density at radius 2 is 1.95 bits per heavy atom. The number of carbonyl (C=O) groups is 1. The molecule has 188 valence electrons. The molecular formula is C27H24N4O5S. The molecule has 9 nitrogen and oxygen atoms in total. The second-order valence-electron chi connectivity index (χ2n) is 8.73. The van der Waals surface area contributed by atoms with Crippen molar-refractivity contribution in [3.8, 4) is 29.0 Å². The SMILES string of the molecule is CC1(C)OC[C@H](COc2ccc(-c3c(C#N)c(N)nc(SCc4cccc(C(=O)O)c4)c3C#N)cc2)O1. The van der Waals surface area contributed by atoms with Crippen LogP contribution in [0.2, 0.25) is 0 Å². The Labute approximate surface area is 218 Å². The van der Waals surface area contributed by atoms with Gasteiger partial charge in [-0.25, -0.2) is 9.78 Å². The molecule has 10 heteroatoms. The second-order valence-corrected chi connectivity index (χ2v) is 9.70. The number of pyridine rings is 1. The number of aromatic carboxylic acids is 1. The van der Waals surface area contributed by atoms with E-state index in [1.54, 1.807) is 42.5 Å². The Morgan fingerprint density at radius 1 is 1.22 bits per heavy atom. The summed E-state index contributed by atoms with van der Waals surface area (Å²) in [5, 5.41) is 29.4. The summed E-state index contributed by atoms with van der Waals surface area (Å²) in [5.74, 6) is -0.670. The van der Waals surface area contributed by atoms with Gasteiger partial charge in [-0.15, -0.1) is 11.8 Å². The van der Waals surface area contributed by atoms with E-state index in [-0.39, 0.29) is 28.6 Å². The molecule has 2 aromatic carbocycles. The van der Waals surface area contributed by atoms with Crippen LogP contribution in [-0.4, -0.2) is 41.2 Å². The van der Waals surface area contributed by atoms with Crippen molar-refractivity contribution in [1.29, 1.82) is 10.5 Å². The fourth-order valence-corrected chi connectivity index (χ4v) is 4.83. The average molecular weight is 517 g/mol. The minimum absolute atomic E-state index is 0.0135. The molecule has 0 saturated carbocycles. The van der Waals surface area contributed by atoms with E-state index in [9.17, 15) is 20.4 Å². The minimum atomic E-state index is -1.02. The highest BCUT2D eigenvalue weighted by Gasteiger charge is 2.33. The van der Waals surface area contributed by atoms with Crippen molar-refractivity contribution in [1.82, 2.24) is 4.98 Å². The zero-order chi connectivity index (χ0) is 26.6. The molecule has 0 radical (unpaired) electrons. The number of anilines is 1. The Balaban J connectivity index is 1.58. The van der Waals surface area contributed by atoms with Crippen LogP contribution in [0.25, 0.3) is 11.1 Å². The summed E-state index contributed by atoms with van der Waals surface area (Å²) in [6.45, 7) is 4.46. The smallest absolute Gasteiger partial charge is 0.335 e. The van der Waals surface area contributed by atoms with E-state index in [1.165, 1.54) is 17.8 Å². The van der Waals surface area contributed by atoms with E-state index in [0.717, 1.165) is 5.56 Å². The van der Waals surface area contributed by atoms with Crippen molar-refractivity contribution in [2.24, 2.45) is 0 Å². The summed E-state index contributed by atoms with van der Waals surface area (Å²) in [4.78, 5) is 15.6. The van der Waals surface area contributed by atoms with Crippen LogP contribution in [0, 0.1) is 22.7 Å². The van der Waals surface area contributed by atoms with Crippen molar-refractivity contribution in [2.75, 3.05) is 18.9 Å². The summed E-state index contributed by atoms with van der Waals surface area (Å²) >= 11 is 1.25. The van der Waals surface area contributed by atoms with Gasteiger partial charge in [-0.2, -0.15) is 10.5 Å². The highest BCUT2D eigenvalue weighted by atomic mass is 32.2. The van der Waals surface area contributed by atoms with E-state index in [1.807, 2.05) is 13.8 Å². The quantitative estimate of drug-likeness (QED) is 0.406. The molecule has 0 unspecified atom stereocenters. The topological polar surface area (TPSA) is 151 Å². The largest absolute Gasteiger partial charge is 0.491 e. The maximum Gasteiger partial charge on any atom is 0.335 e. The molecule has 0 spiro atoms. The summed E-state index contributed by atoms with van der Waals surface area (Å²) < 4.78 is 17.1. The third kappa shape index (κ3) is 6.01. The highest BCUT2D eigenvalue weighted by Crippen LogP contribution is 2.37. The molecule has 0 amide bonds. The first kappa shape index (κ1) is 26.0. The zero-order valence-electron chi connectivity index (χ0n) is 20.2. The van der Waals surface area contributed by atoms with Gasteiger partial charge in [0, 0.05) is 11.3 Å². The average Bonchev–Trinajstić information content (AvgIpc) is 3.24. The molecule has 0 bridgehead atoms. The summed E-state index contributed by atoms with van der Waals surface area (Å²) in [6, 6.07) is 17.8. The molecule has 1 aliphatic heterocycles. The molecule has 1 fully saturated rings. The molecule has 2 heterocycles. The molecule has 3 N–H and O–H groups in total. The first-order valence-corrected chi connectivity index (χ1v) is 12.3. The van der Waals surface area contributed by atoms with E-state index < -0.39 is 11.8 Å². The fraction of sp³-hybridized carbons (Fsp3) is 0.259. The lowest BCUT2D eigenvalue weighted by Crippen LogP contribution is -2.25. The maximum atomic E-state index is 11.3.